The number of nitrogens with one attached hydrogen (secondary N) is 1. The van der Waals surface area contributed by atoms with E-state index >= 15 is 0 Å². The van der Waals surface area contributed by atoms with Crippen LogP contribution in [0.15, 0.2) is 61.2 Å². The van der Waals surface area contributed by atoms with Gasteiger partial charge in [0, 0.05) is 41.5 Å². The minimum atomic E-state index is -0.227. The Morgan fingerprint density at radius 2 is 2.04 bits per heavy atom. The van der Waals surface area contributed by atoms with Gasteiger partial charge in [-0.05, 0) is 48.2 Å². The number of hydrogen-bond acceptors (Lipinski definition) is 4. The summed E-state index contributed by atoms with van der Waals surface area (Å²) in [5.41, 5.74) is 4.35. The first-order valence-corrected chi connectivity index (χ1v) is 8.90. The van der Waals surface area contributed by atoms with Crippen molar-refractivity contribution in [1.82, 2.24) is 14.8 Å². The second-order valence-electron chi connectivity index (χ2n) is 6.58. The van der Waals surface area contributed by atoms with E-state index in [-0.39, 0.29) is 12.5 Å². The number of aliphatic hydroxyl groups is 1. The minimum absolute atomic E-state index is 0.0186. The van der Waals surface area contributed by atoms with Gasteiger partial charge in [-0.2, -0.15) is 5.10 Å². The molecular weight excluding hydrogens is 340 g/mol. The summed E-state index contributed by atoms with van der Waals surface area (Å²) in [5, 5.41) is 16.3. The number of carbonyl (C=O) groups is 1. The average Bonchev–Trinajstić information content (AvgIpc) is 3.44. The van der Waals surface area contributed by atoms with Crippen LogP contribution in [0.5, 0.6) is 0 Å². The number of aliphatic hydroxyl groups excluding tert-OH is 1. The van der Waals surface area contributed by atoms with Crippen molar-refractivity contribution in [3.63, 3.8) is 0 Å². The van der Waals surface area contributed by atoms with Crippen LogP contribution >= 0.6 is 0 Å². The lowest BCUT2D eigenvalue weighted by Crippen LogP contribution is -2.07. The lowest BCUT2D eigenvalue weighted by Gasteiger charge is -2.04. The Labute approximate surface area is 157 Å². The molecule has 3 aromatic rings. The van der Waals surface area contributed by atoms with Gasteiger partial charge in [0.1, 0.15) is 0 Å². The molecule has 136 valence electrons. The molecule has 6 nitrogen and oxygen atoms in total. The summed E-state index contributed by atoms with van der Waals surface area (Å²) in [6.07, 6.45) is 13.0. The van der Waals surface area contributed by atoms with Gasteiger partial charge in [-0.1, -0.05) is 12.1 Å². The predicted octanol–water partition coefficient (Wildman–Crippen LogP) is 3.42. The Bertz CT molecular complexity index is 972. The lowest BCUT2D eigenvalue weighted by molar-refractivity contribution is -0.111. The van der Waals surface area contributed by atoms with Crippen LogP contribution in [0.2, 0.25) is 0 Å². The monoisotopic (exact) mass is 360 g/mol. The van der Waals surface area contributed by atoms with Gasteiger partial charge in [-0.3, -0.25) is 14.5 Å². The average molecular weight is 360 g/mol. The number of hydrogen-bond donors (Lipinski definition) is 2. The Morgan fingerprint density at radius 1 is 1.22 bits per heavy atom. The summed E-state index contributed by atoms with van der Waals surface area (Å²) >= 11 is 0. The molecule has 1 aliphatic carbocycles. The maximum atomic E-state index is 12.2. The van der Waals surface area contributed by atoms with Gasteiger partial charge in [0.05, 0.1) is 18.8 Å². The molecular formula is C21H20N4O2. The second-order valence-corrected chi connectivity index (χ2v) is 6.58. The lowest BCUT2D eigenvalue weighted by atomic mass is 10.0. The van der Waals surface area contributed by atoms with Crippen LogP contribution in [-0.4, -0.2) is 25.8 Å². The molecule has 1 saturated carbocycles. The molecule has 2 heterocycles. The molecule has 1 aromatic carbocycles. The van der Waals surface area contributed by atoms with E-state index < -0.39 is 0 Å². The molecule has 4 rings (SSSR count). The highest BCUT2D eigenvalue weighted by Gasteiger charge is 2.24. The first kappa shape index (κ1) is 17.2. The van der Waals surface area contributed by atoms with Gasteiger partial charge in [0.25, 0.3) is 0 Å². The molecule has 0 aliphatic heterocycles. The van der Waals surface area contributed by atoms with Crippen molar-refractivity contribution < 1.29 is 9.90 Å². The van der Waals surface area contributed by atoms with Crippen LogP contribution in [0.25, 0.3) is 17.2 Å². The Balaban J connectivity index is 1.48. The highest BCUT2D eigenvalue weighted by molar-refractivity contribution is 6.02. The molecule has 0 unspecified atom stereocenters. The fourth-order valence-electron chi connectivity index (χ4n) is 2.86. The van der Waals surface area contributed by atoms with Gasteiger partial charge in [-0.25, -0.2) is 0 Å². The smallest absolute Gasteiger partial charge is 0.248 e. The van der Waals surface area contributed by atoms with Crippen molar-refractivity contribution in [2.75, 3.05) is 5.32 Å². The van der Waals surface area contributed by atoms with Crippen molar-refractivity contribution >= 4 is 17.7 Å². The first-order chi connectivity index (χ1) is 13.2. The van der Waals surface area contributed by atoms with E-state index in [2.05, 4.69) is 15.4 Å². The first-order valence-electron chi connectivity index (χ1n) is 8.90. The van der Waals surface area contributed by atoms with Crippen molar-refractivity contribution in [2.24, 2.45) is 0 Å². The Hall–Kier alpha value is -3.25. The van der Waals surface area contributed by atoms with Crippen LogP contribution in [-0.2, 0) is 11.4 Å². The second kappa shape index (κ2) is 7.55. The van der Waals surface area contributed by atoms with Gasteiger partial charge >= 0.3 is 0 Å². The largest absolute Gasteiger partial charge is 0.392 e. The third kappa shape index (κ3) is 4.12. The van der Waals surface area contributed by atoms with E-state index in [1.807, 2.05) is 23.1 Å². The maximum Gasteiger partial charge on any atom is 0.248 e. The molecule has 1 aliphatic rings. The van der Waals surface area contributed by atoms with Crippen molar-refractivity contribution in [3.05, 3.63) is 72.3 Å². The van der Waals surface area contributed by atoms with E-state index in [0.29, 0.717) is 11.7 Å². The summed E-state index contributed by atoms with van der Waals surface area (Å²) in [7, 11) is 0. The standard InChI is InChI=1S/C21H20N4O2/c26-14-15-1-4-18(5-2-15)24-21(27)8-3-16-11-22-10-9-20(16)17-12-23-25(13-17)19-6-7-19/h1-5,8-13,19,26H,6-7,14H2,(H,24,27). The highest BCUT2D eigenvalue weighted by atomic mass is 16.3. The summed E-state index contributed by atoms with van der Waals surface area (Å²) in [6, 6.07) is 9.53. The van der Waals surface area contributed by atoms with Crippen LogP contribution in [0.4, 0.5) is 5.69 Å². The SMILES string of the molecule is O=C(C=Cc1cnccc1-c1cnn(C2CC2)c1)Nc1ccc(CO)cc1. The topological polar surface area (TPSA) is 80.0 Å². The zero-order chi connectivity index (χ0) is 18.6. The Morgan fingerprint density at radius 3 is 2.78 bits per heavy atom. The van der Waals surface area contributed by atoms with E-state index in [1.54, 1.807) is 42.7 Å². The summed E-state index contributed by atoms with van der Waals surface area (Å²) < 4.78 is 2.01. The normalized spacial score (nSPS) is 13.8. The van der Waals surface area contributed by atoms with Crippen molar-refractivity contribution in [3.8, 4) is 11.1 Å². The van der Waals surface area contributed by atoms with Gasteiger partial charge in [0.2, 0.25) is 5.91 Å². The number of rotatable bonds is 6. The van der Waals surface area contributed by atoms with Crippen LogP contribution < -0.4 is 5.32 Å². The summed E-state index contributed by atoms with van der Waals surface area (Å²) in [6.45, 7) is -0.0186. The number of pyridine rings is 1. The third-order valence-electron chi connectivity index (χ3n) is 4.50. The summed E-state index contributed by atoms with van der Waals surface area (Å²) in [5.74, 6) is -0.227. The number of aromatic nitrogens is 3. The van der Waals surface area contributed by atoms with Crippen LogP contribution in [0.1, 0.15) is 30.0 Å². The Kier molecular flexibility index (Phi) is 4.80. The molecule has 0 saturated heterocycles. The number of carbonyl (C=O) groups excluding carboxylic acids is 1. The molecule has 2 N–H and O–H groups in total. The van der Waals surface area contributed by atoms with Gasteiger partial charge in [0.15, 0.2) is 0 Å². The molecule has 0 bridgehead atoms. The minimum Gasteiger partial charge on any atom is -0.392 e. The number of anilines is 1. The molecule has 6 heteroatoms. The predicted molar refractivity (Wildman–Crippen MR) is 104 cm³/mol. The molecule has 0 atom stereocenters. The van der Waals surface area contributed by atoms with Gasteiger partial charge in [-0.15, -0.1) is 0 Å². The van der Waals surface area contributed by atoms with Crippen LogP contribution in [0, 0.1) is 0 Å². The molecule has 0 spiro atoms. The number of nitrogens with zero attached hydrogens (tertiary/aromatic N) is 3. The summed E-state index contributed by atoms with van der Waals surface area (Å²) in [4.78, 5) is 16.4. The maximum absolute atomic E-state index is 12.2. The molecule has 2 aromatic heterocycles. The molecule has 0 radical (unpaired) electrons. The fraction of sp³-hybridized carbons (Fsp3) is 0.190. The van der Waals surface area contributed by atoms with E-state index in [4.69, 9.17) is 5.11 Å². The van der Waals surface area contributed by atoms with E-state index in [0.717, 1.165) is 22.3 Å². The molecule has 27 heavy (non-hydrogen) atoms. The van der Waals surface area contributed by atoms with E-state index in [9.17, 15) is 4.79 Å². The number of amides is 1. The molecule has 1 fully saturated rings. The fourth-order valence-corrected chi connectivity index (χ4v) is 2.86. The van der Waals surface area contributed by atoms with Crippen LogP contribution in [0.3, 0.4) is 0 Å². The van der Waals surface area contributed by atoms with E-state index in [1.165, 1.54) is 18.9 Å². The van der Waals surface area contributed by atoms with Crippen molar-refractivity contribution in [1.29, 1.82) is 0 Å². The quantitative estimate of drug-likeness (QED) is 0.660. The highest BCUT2D eigenvalue weighted by Crippen LogP contribution is 2.35. The zero-order valence-corrected chi connectivity index (χ0v) is 14.7. The third-order valence-corrected chi connectivity index (χ3v) is 4.50. The van der Waals surface area contributed by atoms with Gasteiger partial charge < -0.3 is 10.4 Å². The molecule has 1 amide bonds. The van der Waals surface area contributed by atoms with Crippen molar-refractivity contribution in [2.45, 2.75) is 25.5 Å². The number of benzene rings is 1. The zero-order valence-electron chi connectivity index (χ0n) is 14.7.